The predicted molar refractivity (Wildman–Crippen MR) is 110 cm³/mol. The van der Waals surface area contributed by atoms with Gasteiger partial charge >= 0.3 is 0 Å². The molecule has 0 bridgehead atoms. The first-order chi connectivity index (χ1) is 13.3. The lowest BCUT2D eigenvalue weighted by Gasteiger charge is -2.36. The van der Waals surface area contributed by atoms with Crippen molar-refractivity contribution >= 4 is 17.3 Å². The lowest BCUT2D eigenvalue weighted by atomic mass is 10.2. The lowest BCUT2D eigenvalue weighted by Crippen LogP contribution is -2.46. The Balaban J connectivity index is 1.26. The highest BCUT2D eigenvalue weighted by atomic mass is 35.5. The topological polar surface area (TPSA) is 37.2 Å². The summed E-state index contributed by atoms with van der Waals surface area (Å²) in [6.45, 7) is 5.39. The molecule has 6 heteroatoms. The van der Waals surface area contributed by atoms with E-state index in [-0.39, 0.29) is 0 Å². The van der Waals surface area contributed by atoms with Crippen LogP contribution in [-0.2, 0) is 6.42 Å². The molecule has 1 fully saturated rings. The van der Waals surface area contributed by atoms with Gasteiger partial charge in [0, 0.05) is 49.0 Å². The fourth-order valence-electron chi connectivity index (χ4n) is 3.58. The number of aryl methyl sites for hydroxylation is 1. The van der Waals surface area contributed by atoms with Gasteiger partial charge in [-0.15, -0.1) is 10.2 Å². The van der Waals surface area contributed by atoms with E-state index in [9.17, 15) is 0 Å². The van der Waals surface area contributed by atoms with Gasteiger partial charge in [0.15, 0.2) is 0 Å². The SMILES string of the molecule is Clc1ccc(N2CCN(CCCc3nncn3-c3ccccc3)CC2)cc1. The van der Waals surface area contributed by atoms with E-state index in [2.05, 4.69) is 48.8 Å². The van der Waals surface area contributed by atoms with Crippen molar-refractivity contribution in [3.05, 3.63) is 71.8 Å². The maximum absolute atomic E-state index is 5.99. The summed E-state index contributed by atoms with van der Waals surface area (Å²) in [6.07, 6.45) is 3.83. The summed E-state index contributed by atoms with van der Waals surface area (Å²) in [5.41, 5.74) is 2.38. The summed E-state index contributed by atoms with van der Waals surface area (Å²) in [7, 11) is 0. The summed E-state index contributed by atoms with van der Waals surface area (Å²) >= 11 is 5.99. The molecule has 0 aliphatic carbocycles. The van der Waals surface area contributed by atoms with Gasteiger partial charge in [-0.05, 0) is 49.4 Å². The smallest absolute Gasteiger partial charge is 0.137 e. The number of rotatable bonds is 6. The van der Waals surface area contributed by atoms with Crippen LogP contribution in [0, 0.1) is 0 Å². The normalized spacial score (nSPS) is 15.2. The molecule has 3 aromatic rings. The Morgan fingerprint density at radius 2 is 1.59 bits per heavy atom. The Morgan fingerprint density at radius 1 is 0.852 bits per heavy atom. The molecule has 1 aliphatic rings. The van der Waals surface area contributed by atoms with E-state index < -0.39 is 0 Å². The number of benzene rings is 2. The van der Waals surface area contributed by atoms with Crippen LogP contribution in [0.15, 0.2) is 60.9 Å². The van der Waals surface area contributed by atoms with Crippen LogP contribution in [0.2, 0.25) is 5.02 Å². The number of para-hydroxylation sites is 1. The summed E-state index contributed by atoms with van der Waals surface area (Å²) in [6, 6.07) is 18.4. The zero-order valence-electron chi connectivity index (χ0n) is 15.3. The van der Waals surface area contributed by atoms with Gasteiger partial charge in [-0.3, -0.25) is 9.47 Å². The minimum atomic E-state index is 0.792. The lowest BCUT2D eigenvalue weighted by molar-refractivity contribution is 0.254. The van der Waals surface area contributed by atoms with E-state index in [1.54, 1.807) is 6.33 Å². The second-order valence-corrected chi connectivity index (χ2v) is 7.30. The molecule has 0 radical (unpaired) electrons. The van der Waals surface area contributed by atoms with Crippen molar-refractivity contribution < 1.29 is 0 Å². The van der Waals surface area contributed by atoms with Crippen molar-refractivity contribution in [2.45, 2.75) is 12.8 Å². The molecule has 140 valence electrons. The number of nitrogens with zero attached hydrogens (tertiary/aromatic N) is 5. The standard InChI is InChI=1S/C21H24ClN5/c22-18-8-10-19(11-9-18)26-15-13-25(14-16-26)12-4-7-21-24-23-17-27(21)20-5-2-1-3-6-20/h1-3,5-6,8-11,17H,4,7,12-16H2. The van der Waals surface area contributed by atoms with Crippen LogP contribution >= 0.6 is 11.6 Å². The summed E-state index contributed by atoms with van der Waals surface area (Å²) in [5, 5.41) is 9.20. The molecular formula is C21H24ClN5. The van der Waals surface area contributed by atoms with Crippen LogP contribution in [0.5, 0.6) is 0 Å². The monoisotopic (exact) mass is 381 g/mol. The van der Waals surface area contributed by atoms with E-state index in [0.29, 0.717) is 0 Å². The van der Waals surface area contributed by atoms with Crippen LogP contribution in [0.1, 0.15) is 12.2 Å². The molecule has 5 nitrogen and oxygen atoms in total. The fourth-order valence-corrected chi connectivity index (χ4v) is 3.70. The van der Waals surface area contributed by atoms with E-state index in [4.69, 9.17) is 11.6 Å². The van der Waals surface area contributed by atoms with Crippen LogP contribution < -0.4 is 4.90 Å². The second-order valence-electron chi connectivity index (χ2n) is 6.86. The predicted octanol–water partition coefficient (Wildman–Crippen LogP) is 3.68. The molecule has 2 heterocycles. The number of anilines is 1. The Morgan fingerprint density at radius 3 is 2.33 bits per heavy atom. The third kappa shape index (κ3) is 4.49. The summed E-state index contributed by atoms with van der Waals surface area (Å²) < 4.78 is 2.08. The first-order valence-corrected chi connectivity index (χ1v) is 9.84. The van der Waals surface area contributed by atoms with Crippen molar-refractivity contribution in [3.63, 3.8) is 0 Å². The largest absolute Gasteiger partial charge is 0.369 e. The van der Waals surface area contributed by atoms with E-state index in [0.717, 1.165) is 62.1 Å². The molecule has 27 heavy (non-hydrogen) atoms. The minimum Gasteiger partial charge on any atom is -0.369 e. The Kier molecular flexibility index (Phi) is 5.70. The maximum Gasteiger partial charge on any atom is 0.137 e. The fraction of sp³-hybridized carbons (Fsp3) is 0.333. The van der Waals surface area contributed by atoms with Gasteiger partial charge in [0.1, 0.15) is 12.2 Å². The number of hydrogen-bond acceptors (Lipinski definition) is 4. The molecule has 0 atom stereocenters. The molecule has 2 aromatic carbocycles. The van der Waals surface area contributed by atoms with Crippen LogP contribution in [0.3, 0.4) is 0 Å². The highest BCUT2D eigenvalue weighted by molar-refractivity contribution is 6.30. The van der Waals surface area contributed by atoms with Crippen molar-refractivity contribution in [2.75, 3.05) is 37.6 Å². The first-order valence-electron chi connectivity index (χ1n) is 9.47. The third-order valence-electron chi connectivity index (χ3n) is 5.09. The molecule has 0 saturated carbocycles. The molecule has 0 N–H and O–H groups in total. The number of piperazine rings is 1. The van der Waals surface area contributed by atoms with Crippen molar-refractivity contribution in [1.29, 1.82) is 0 Å². The van der Waals surface area contributed by atoms with Crippen LogP contribution in [0.25, 0.3) is 5.69 Å². The zero-order valence-corrected chi connectivity index (χ0v) is 16.1. The molecule has 0 amide bonds. The van der Waals surface area contributed by atoms with E-state index in [1.165, 1.54) is 5.69 Å². The van der Waals surface area contributed by atoms with Crippen LogP contribution in [0.4, 0.5) is 5.69 Å². The molecule has 0 spiro atoms. The third-order valence-corrected chi connectivity index (χ3v) is 5.34. The second kappa shape index (κ2) is 8.55. The Labute approximate surface area is 165 Å². The molecular weight excluding hydrogens is 358 g/mol. The van der Waals surface area contributed by atoms with Gasteiger partial charge in [0.05, 0.1) is 0 Å². The van der Waals surface area contributed by atoms with Crippen molar-refractivity contribution in [3.8, 4) is 5.69 Å². The Hall–Kier alpha value is -2.37. The zero-order chi connectivity index (χ0) is 18.5. The average molecular weight is 382 g/mol. The first kappa shape index (κ1) is 18.0. The number of halogens is 1. The molecule has 4 rings (SSSR count). The van der Waals surface area contributed by atoms with Gasteiger partial charge < -0.3 is 4.90 Å². The maximum atomic E-state index is 5.99. The van der Waals surface area contributed by atoms with Gasteiger partial charge in [-0.2, -0.15) is 0 Å². The average Bonchev–Trinajstić information content (AvgIpc) is 3.18. The van der Waals surface area contributed by atoms with Gasteiger partial charge in [0.2, 0.25) is 0 Å². The minimum absolute atomic E-state index is 0.792. The summed E-state index contributed by atoms with van der Waals surface area (Å²) in [4.78, 5) is 4.97. The molecule has 1 aliphatic heterocycles. The van der Waals surface area contributed by atoms with E-state index in [1.807, 2.05) is 30.3 Å². The van der Waals surface area contributed by atoms with Crippen molar-refractivity contribution in [2.24, 2.45) is 0 Å². The van der Waals surface area contributed by atoms with Gasteiger partial charge in [-0.25, -0.2) is 0 Å². The molecule has 0 unspecified atom stereocenters. The number of hydrogen-bond donors (Lipinski definition) is 0. The summed E-state index contributed by atoms with van der Waals surface area (Å²) in [5.74, 6) is 1.03. The molecule has 1 saturated heterocycles. The van der Waals surface area contributed by atoms with E-state index >= 15 is 0 Å². The Bertz CT molecular complexity index is 839. The molecule has 1 aromatic heterocycles. The highest BCUT2D eigenvalue weighted by Crippen LogP contribution is 2.19. The van der Waals surface area contributed by atoms with Crippen molar-refractivity contribution in [1.82, 2.24) is 19.7 Å². The number of aromatic nitrogens is 3. The van der Waals surface area contributed by atoms with Gasteiger partial charge in [0.25, 0.3) is 0 Å². The van der Waals surface area contributed by atoms with Gasteiger partial charge in [-0.1, -0.05) is 29.8 Å². The quantitative estimate of drug-likeness (QED) is 0.652. The highest BCUT2D eigenvalue weighted by Gasteiger charge is 2.17. The van der Waals surface area contributed by atoms with Crippen LogP contribution in [-0.4, -0.2) is 52.4 Å².